The Morgan fingerprint density at radius 3 is 2.78 bits per heavy atom. The Bertz CT molecular complexity index is 851. The molecule has 1 fully saturated rings. The first-order valence-corrected chi connectivity index (χ1v) is 9.12. The van der Waals surface area contributed by atoms with Crippen LogP contribution in [0.3, 0.4) is 0 Å². The zero-order chi connectivity index (χ0) is 20.0. The highest BCUT2D eigenvalue weighted by atomic mass is 35.5. The average Bonchev–Trinajstić information content (AvgIpc) is 3.12. The van der Waals surface area contributed by atoms with Crippen LogP contribution in [0, 0.1) is 5.92 Å². The van der Waals surface area contributed by atoms with Crippen molar-refractivity contribution >= 4 is 41.7 Å². The van der Waals surface area contributed by atoms with E-state index < -0.39 is 23.4 Å². The smallest absolute Gasteiger partial charge is 0.322 e. The van der Waals surface area contributed by atoms with Gasteiger partial charge in [-0.05, 0) is 17.5 Å². The quantitative estimate of drug-likeness (QED) is 0.390. The minimum Gasteiger partial charge on any atom is -0.377 e. The van der Waals surface area contributed by atoms with Crippen LogP contribution in [0.5, 0.6) is 0 Å². The van der Waals surface area contributed by atoms with Crippen LogP contribution in [0.1, 0.15) is 29.2 Å². The summed E-state index contributed by atoms with van der Waals surface area (Å²) in [6, 6.07) is 0. The van der Waals surface area contributed by atoms with Crippen molar-refractivity contribution in [3.05, 3.63) is 16.4 Å². The van der Waals surface area contributed by atoms with Crippen molar-refractivity contribution in [3.8, 4) is 0 Å². The molecule has 1 aliphatic heterocycles. The molecule has 8 nitrogen and oxygen atoms in total. The molecule has 2 aromatic rings. The first kappa shape index (κ1) is 20.4. The highest BCUT2D eigenvalue weighted by Gasteiger charge is 2.38. The van der Waals surface area contributed by atoms with E-state index in [1.165, 1.54) is 16.5 Å². The number of alkyl halides is 3. The van der Waals surface area contributed by atoms with Gasteiger partial charge in [-0.3, -0.25) is 4.79 Å². The van der Waals surface area contributed by atoms with Crippen LogP contribution in [0.2, 0.25) is 0 Å². The van der Waals surface area contributed by atoms with Gasteiger partial charge in [-0.2, -0.15) is 13.9 Å². The molecule has 2 radical (unpaired) electrons. The van der Waals surface area contributed by atoms with E-state index in [1.54, 1.807) is 0 Å². The maximum Gasteiger partial charge on any atom is 0.322 e. The number of imidazole rings is 1. The van der Waals surface area contributed by atoms with E-state index in [9.17, 15) is 23.8 Å². The lowest BCUT2D eigenvalue weighted by Crippen LogP contribution is -2.31. The Balaban J connectivity index is 1.89. The molecule has 0 spiro atoms. The van der Waals surface area contributed by atoms with Gasteiger partial charge in [-0.15, -0.1) is 0 Å². The number of carbonyl (C=O) groups is 1. The minimum atomic E-state index is -3.39. The van der Waals surface area contributed by atoms with E-state index in [2.05, 4.69) is 10.1 Å². The number of amides is 1. The highest BCUT2D eigenvalue weighted by Crippen LogP contribution is 2.34. The largest absolute Gasteiger partial charge is 0.377 e. The zero-order valence-corrected chi connectivity index (χ0v) is 15.8. The molecule has 146 valence electrons. The number of hydrogen-bond donors (Lipinski definition) is 2. The van der Waals surface area contributed by atoms with E-state index in [4.69, 9.17) is 24.2 Å². The molecule has 27 heavy (non-hydrogen) atoms. The lowest BCUT2D eigenvalue weighted by molar-refractivity contribution is -0.128. The SMILES string of the molecule is [B]C(O)(O)c1nc2sc(COC)nn2c1CN1C[C@@H](CC(F)(F)Cl)CC1=O. The average molecular weight is 421 g/mol. The number of nitrogens with zero attached hydrogens (tertiary/aromatic N) is 4. The van der Waals surface area contributed by atoms with Gasteiger partial charge in [0, 0.05) is 26.5 Å². The minimum absolute atomic E-state index is 0.0529. The van der Waals surface area contributed by atoms with Crippen LogP contribution in [-0.4, -0.2) is 62.5 Å². The summed E-state index contributed by atoms with van der Waals surface area (Å²) in [6.07, 6.45) is -0.696. The molecule has 3 rings (SSSR count). The van der Waals surface area contributed by atoms with E-state index in [-0.39, 0.29) is 43.4 Å². The van der Waals surface area contributed by atoms with Gasteiger partial charge in [0.2, 0.25) is 10.9 Å². The molecule has 1 aliphatic rings. The molecule has 3 heterocycles. The maximum absolute atomic E-state index is 13.0. The lowest BCUT2D eigenvalue weighted by Gasteiger charge is -2.20. The third kappa shape index (κ3) is 4.57. The summed E-state index contributed by atoms with van der Waals surface area (Å²) < 4.78 is 32.4. The maximum atomic E-state index is 13.0. The number of likely N-dealkylation sites (tertiary alicyclic amines) is 1. The molecule has 2 N–H and O–H groups in total. The van der Waals surface area contributed by atoms with Crippen LogP contribution in [0.15, 0.2) is 0 Å². The normalized spacial score (nSPS) is 18.8. The number of carbonyl (C=O) groups excluding carboxylic acids is 1. The van der Waals surface area contributed by atoms with Crippen molar-refractivity contribution in [2.75, 3.05) is 13.7 Å². The second-order valence-corrected chi connectivity index (χ2v) is 8.01. The van der Waals surface area contributed by atoms with Crippen molar-refractivity contribution in [1.82, 2.24) is 19.5 Å². The number of fused-ring (bicyclic) bond motifs is 1. The topological polar surface area (TPSA) is 100 Å². The van der Waals surface area contributed by atoms with Gasteiger partial charge in [0.05, 0.1) is 18.8 Å². The molecule has 0 bridgehead atoms. The fraction of sp³-hybridized carbons (Fsp3) is 0.643. The molecule has 1 atom stereocenters. The summed E-state index contributed by atoms with van der Waals surface area (Å²) in [5.41, 5.74) is -2.82. The van der Waals surface area contributed by atoms with Crippen LogP contribution < -0.4 is 0 Å². The van der Waals surface area contributed by atoms with Crippen molar-refractivity contribution in [3.63, 3.8) is 0 Å². The fourth-order valence-electron chi connectivity index (χ4n) is 3.10. The monoisotopic (exact) mass is 420 g/mol. The van der Waals surface area contributed by atoms with E-state index in [0.717, 1.165) is 11.3 Å². The molecule has 2 aromatic heterocycles. The summed E-state index contributed by atoms with van der Waals surface area (Å²) in [6.45, 7) is 0.164. The molecular formula is C14H16BClF2N4O4S. The van der Waals surface area contributed by atoms with Crippen molar-refractivity contribution in [2.45, 2.75) is 37.1 Å². The third-order valence-electron chi connectivity index (χ3n) is 4.11. The molecule has 0 saturated carbocycles. The van der Waals surface area contributed by atoms with Crippen LogP contribution in [0.4, 0.5) is 8.78 Å². The Morgan fingerprint density at radius 1 is 1.48 bits per heavy atom. The van der Waals surface area contributed by atoms with Gasteiger partial charge in [0.15, 0.2) is 13.5 Å². The zero-order valence-electron chi connectivity index (χ0n) is 14.2. The summed E-state index contributed by atoms with van der Waals surface area (Å²) in [5.74, 6) is -0.963. The van der Waals surface area contributed by atoms with E-state index in [0.29, 0.717) is 9.97 Å². The van der Waals surface area contributed by atoms with Crippen LogP contribution in [-0.2, 0) is 28.4 Å². The molecule has 0 aromatic carbocycles. The molecule has 1 saturated heterocycles. The summed E-state index contributed by atoms with van der Waals surface area (Å²) in [4.78, 5) is 18.0. The second-order valence-electron chi connectivity index (χ2n) is 6.42. The summed E-state index contributed by atoms with van der Waals surface area (Å²) in [5, 5.41) is 21.1. The van der Waals surface area contributed by atoms with Crippen molar-refractivity contribution in [1.29, 1.82) is 0 Å². The molecule has 0 aliphatic carbocycles. The molecular weight excluding hydrogens is 405 g/mol. The van der Waals surface area contributed by atoms with Crippen LogP contribution >= 0.6 is 22.9 Å². The number of hydrogen-bond acceptors (Lipinski definition) is 7. The van der Waals surface area contributed by atoms with Gasteiger partial charge >= 0.3 is 5.38 Å². The number of aliphatic hydroxyl groups is 2. The Hall–Kier alpha value is -1.34. The number of aromatic nitrogens is 3. The first-order valence-electron chi connectivity index (χ1n) is 7.93. The van der Waals surface area contributed by atoms with Gasteiger partial charge < -0.3 is 19.8 Å². The van der Waals surface area contributed by atoms with Crippen molar-refractivity contribution < 1.29 is 28.5 Å². The number of methoxy groups -OCH3 is 1. The second kappa shape index (κ2) is 7.24. The summed E-state index contributed by atoms with van der Waals surface area (Å²) >= 11 is 6.12. The predicted octanol–water partition coefficient (Wildman–Crippen LogP) is 0.771. The number of halogens is 3. The lowest BCUT2D eigenvalue weighted by atomic mass is 9.90. The van der Waals surface area contributed by atoms with Gasteiger partial charge in [0.1, 0.15) is 10.7 Å². The van der Waals surface area contributed by atoms with Gasteiger partial charge in [-0.1, -0.05) is 11.3 Å². The molecule has 13 heteroatoms. The van der Waals surface area contributed by atoms with E-state index in [1.807, 2.05) is 0 Å². The molecule has 1 amide bonds. The Morgan fingerprint density at radius 2 is 2.19 bits per heavy atom. The standard InChI is InChI=1S/C14H16BClF2N4O4S/c1-26-6-9-20-22-8(11(14(15,24)25)19-12(22)27-9)5-21-4-7(2-10(21)23)3-13(16,17)18/h7,24-25H,2-6H2,1H3/t7-/m1/s1. The fourth-order valence-corrected chi connectivity index (χ4v) is 4.20. The number of rotatable bonds is 7. The van der Waals surface area contributed by atoms with E-state index >= 15 is 0 Å². The first-order chi connectivity index (χ1) is 12.5. The van der Waals surface area contributed by atoms with Crippen molar-refractivity contribution in [2.24, 2.45) is 5.92 Å². The third-order valence-corrected chi connectivity index (χ3v) is 5.15. The van der Waals surface area contributed by atoms with Gasteiger partial charge in [0.25, 0.3) is 0 Å². The van der Waals surface area contributed by atoms with Crippen LogP contribution in [0.25, 0.3) is 4.96 Å². The molecule has 0 unspecified atom stereocenters. The summed E-state index contributed by atoms with van der Waals surface area (Å²) in [7, 11) is 6.86. The Kier molecular flexibility index (Phi) is 5.47. The predicted molar refractivity (Wildman–Crippen MR) is 92.4 cm³/mol. The van der Waals surface area contributed by atoms with Gasteiger partial charge in [-0.25, -0.2) is 9.50 Å². The Labute approximate surface area is 163 Å². The highest BCUT2D eigenvalue weighted by molar-refractivity contribution is 7.16. The number of ether oxygens (including phenoxy) is 1.